The molecule has 3 rings (SSSR count). The van der Waals surface area contributed by atoms with Gasteiger partial charge in [-0.25, -0.2) is 4.99 Å². The molecule has 0 spiro atoms. The maximum atomic E-state index is 5.89. The van der Waals surface area contributed by atoms with E-state index in [4.69, 9.17) is 9.73 Å². The smallest absolute Gasteiger partial charge is 0.182 e. The Bertz CT molecular complexity index is 562. The molecule has 18 heavy (non-hydrogen) atoms. The molecule has 1 atom stereocenters. The van der Waals surface area contributed by atoms with Gasteiger partial charge in [0.1, 0.15) is 0 Å². The number of benzene rings is 2. The maximum absolute atomic E-state index is 5.89. The first kappa shape index (κ1) is 11.2. The number of ether oxygens (including phenoxy) is 1. The van der Waals surface area contributed by atoms with Gasteiger partial charge in [0.15, 0.2) is 5.72 Å². The molecule has 2 aromatic carbocycles. The third kappa shape index (κ3) is 1.95. The minimum Gasteiger partial charge on any atom is -0.344 e. The second-order valence-electron chi connectivity index (χ2n) is 4.56. The third-order valence-corrected chi connectivity index (χ3v) is 3.25. The molecule has 0 saturated heterocycles. The zero-order chi connectivity index (χ0) is 12.4. The zero-order valence-electron chi connectivity index (χ0n) is 10.3. The summed E-state index contributed by atoms with van der Waals surface area (Å²) in [5.74, 6) is 0. The highest BCUT2D eigenvalue weighted by molar-refractivity contribution is 6.02. The third-order valence-electron chi connectivity index (χ3n) is 3.25. The van der Waals surface area contributed by atoms with E-state index < -0.39 is 5.72 Å². The molecular formula is C16H15NO. The van der Waals surface area contributed by atoms with Crippen molar-refractivity contribution in [2.24, 2.45) is 4.99 Å². The molecule has 90 valence electrons. The number of nitrogens with zero attached hydrogens (tertiary/aromatic N) is 1. The van der Waals surface area contributed by atoms with Crippen molar-refractivity contribution in [1.82, 2.24) is 0 Å². The molecular weight excluding hydrogens is 222 g/mol. The van der Waals surface area contributed by atoms with Crippen LogP contribution >= 0.6 is 0 Å². The lowest BCUT2D eigenvalue weighted by Gasteiger charge is -2.20. The Balaban J connectivity index is 1.96. The Morgan fingerprint density at radius 1 is 0.944 bits per heavy atom. The monoisotopic (exact) mass is 237 g/mol. The Morgan fingerprint density at radius 2 is 1.56 bits per heavy atom. The van der Waals surface area contributed by atoms with Crippen LogP contribution in [0.1, 0.15) is 18.1 Å². The quantitative estimate of drug-likeness (QED) is 0.784. The van der Waals surface area contributed by atoms with E-state index in [-0.39, 0.29) is 0 Å². The summed E-state index contributed by atoms with van der Waals surface area (Å²) in [5.41, 5.74) is 2.70. The van der Waals surface area contributed by atoms with Crippen LogP contribution in [0.25, 0.3) is 0 Å². The Hall–Kier alpha value is -1.93. The van der Waals surface area contributed by atoms with Crippen LogP contribution in [0, 0.1) is 0 Å². The van der Waals surface area contributed by atoms with Gasteiger partial charge >= 0.3 is 0 Å². The van der Waals surface area contributed by atoms with Gasteiger partial charge in [-0.3, -0.25) is 0 Å². The Labute approximate surface area is 107 Å². The highest BCUT2D eigenvalue weighted by Gasteiger charge is 2.32. The van der Waals surface area contributed by atoms with E-state index in [1.165, 1.54) is 0 Å². The normalized spacial score (nSPS) is 22.8. The predicted molar refractivity (Wildman–Crippen MR) is 72.7 cm³/mol. The van der Waals surface area contributed by atoms with E-state index >= 15 is 0 Å². The van der Waals surface area contributed by atoms with Crippen LogP contribution in [0.15, 0.2) is 65.7 Å². The molecule has 0 amide bonds. The van der Waals surface area contributed by atoms with Gasteiger partial charge in [-0.05, 0) is 12.5 Å². The molecule has 0 bridgehead atoms. The fourth-order valence-corrected chi connectivity index (χ4v) is 2.20. The standard InChI is InChI=1S/C16H15NO/c1-16(14-10-6-3-7-11-14)17-15(12-18-16)13-8-4-2-5-9-13/h2-11H,12H2,1H3. The van der Waals surface area contributed by atoms with Gasteiger partial charge in [0.25, 0.3) is 0 Å². The first-order valence-electron chi connectivity index (χ1n) is 6.11. The molecule has 2 aromatic rings. The van der Waals surface area contributed by atoms with Crippen molar-refractivity contribution in [3.63, 3.8) is 0 Å². The molecule has 2 nitrogen and oxygen atoms in total. The SMILES string of the molecule is CC1(c2ccccc2)N=C(c2ccccc2)CO1. The van der Waals surface area contributed by atoms with Gasteiger partial charge in [-0.1, -0.05) is 60.7 Å². The fraction of sp³-hybridized carbons (Fsp3) is 0.188. The van der Waals surface area contributed by atoms with Gasteiger partial charge in [0.05, 0.1) is 12.3 Å². The molecule has 1 heterocycles. The number of hydrogen-bond donors (Lipinski definition) is 0. The van der Waals surface area contributed by atoms with Crippen LogP contribution in [-0.2, 0) is 10.5 Å². The number of aliphatic imine (C=N–C) groups is 1. The largest absolute Gasteiger partial charge is 0.344 e. The zero-order valence-corrected chi connectivity index (χ0v) is 10.3. The van der Waals surface area contributed by atoms with E-state index in [0.717, 1.165) is 16.8 Å². The molecule has 0 aliphatic carbocycles. The van der Waals surface area contributed by atoms with Crippen molar-refractivity contribution in [2.75, 3.05) is 6.61 Å². The van der Waals surface area contributed by atoms with E-state index in [2.05, 4.69) is 24.3 Å². The summed E-state index contributed by atoms with van der Waals surface area (Å²) in [5, 5.41) is 0. The van der Waals surface area contributed by atoms with Crippen molar-refractivity contribution in [2.45, 2.75) is 12.6 Å². The average Bonchev–Trinajstić information content (AvgIpc) is 2.85. The highest BCUT2D eigenvalue weighted by atomic mass is 16.5. The van der Waals surface area contributed by atoms with E-state index in [0.29, 0.717) is 6.61 Å². The molecule has 2 heteroatoms. The van der Waals surface area contributed by atoms with Gasteiger partial charge in [-0.2, -0.15) is 0 Å². The van der Waals surface area contributed by atoms with Crippen molar-refractivity contribution >= 4 is 5.71 Å². The van der Waals surface area contributed by atoms with Crippen molar-refractivity contribution < 1.29 is 4.74 Å². The summed E-state index contributed by atoms with van der Waals surface area (Å²) in [6.45, 7) is 2.58. The first-order valence-corrected chi connectivity index (χ1v) is 6.11. The van der Waals surface area contributed by atoms with E-state index in [1.54, 1.807) is 0 Å². The molecule has 1 aliphatic rings. The molecule has 1 unspecified atom stereocenters. The fourth-order valence-electron chi connectivity index (χ4n) is 2.20. The minimum atomic E-state index is -0.549. The predicted octanol–water partition coefficient (Wildman–Crippen LogP) is 3.38. The van der Waals surface area contributed by atoms with Crippen LogP contribution in [0.3, 0.4) is 0 Å². The van der Waals surface area contributed by atoms with Crippen LogP contribution in [0.2, 0.25) is 0 Å². The van der Waals surface area contributed by atoms with Crippen LogP contribution in [0.4, 0.5) is 0 Å². The lowest BCUT2D eigenvalue weighted by atomic mass is 10.1. The molecule has 0 radical (unpaired) electrons. The number of hydrogen-bond acceptors (Lipinski definition) is 2. The average molecular weight is 237 g/mol. The summed E-state index contributed by atoms with van der Waals surface area (Å²) >= 11 is 0. The Kier molecular flexibility index (Phi) is 2.73. The second kappa shape index (κ2) is 4.39. The van der Waals surface area contributed by atoms with Gasteiger partial charge < -0.3 is 4.74 Å². The summed E-state index contributed by atoms with van der Waals surface area (Å²) in [4.78, 5) is 4.75. The molecule has 0 N–H and O–H groups in total. The number of rotatable bonds is 2. The van der Waals surface area contributed by atoms with E-state index in [9.17, 15) is 0 Å². The molecule has 0 fully saturated rings. The van der Waals surface area contributed by atoms with Crippen molar-refractivity contribution in [3.05, 3.63) is 71.8 Å². The topological polar surface area (TPSA) is 21.6 Å². The van der Waals surface area contributed by atoms with Gasteiger partial charge in [0.2, 0.25) is 0 Å². The molecule has 1 aliphatic heterocycles. The van der Waals surface area contributed by atoms with Gasteiger partial charge in [0, 0.05) is 5.56 Å². The van der Waals surface area contributed by atoms with Crippen molar-refractivity contribution in [1.29, 1.82) is 0 Å². The van der Waals surface area contributed by atoms with Crippen LogP contribution < -0.4 is 0 Å². The summed E-state index contributed by atoms with van der Waals surface area (Å²) in [6, 6.07) is 20.3. The second-order valence-corrected chi connectivity index (χ2v) is 4.56. The van der Waals surface area contributed by atoms with E-state index in [1.807, 2.05) is 43.3 Å². The molecule has 0 aromatic heterocycles. The highest BCUT2D eigenvalue weighted by Crippen LogP contribution is 2.32. The summed E-state index contributed by atoms with van der Waals surface area (Å²) < 4.78 is 5.89. The lowest BCUT2D eigenvalue weighted by Crippen LogP contribution is -2.18. The van der Waals surface area contributed by atoms with Crippen LogP contribution in [-0.4, -0.2) is 12.3 Å². The Morgan fingerprint density at radius 3 is 2.22 bits per heavy atom. The summed E-state index contributed by atoms with van der Waals surface area (Å²) in [6.07, 6.45) is 0. The molecule has 0 saturated carbocycles. The van der Waals surface area contributed by atoms with Crippen LogP contribution in [0.5, 0.6) is 0 Å². The first-order chi connectivity index (χ1) is 8.78. The minimum absolute atomic E-state index is 0.549. The van der Waals surface area contributed by atoms with Gasteiger partial charge in [-0.15, -0.1) is 0 Å². The van der Waals surface area contributed by atoms with Crippen molar-refractivity contribution in [3.8, 4) is 0 Å². The lowest BCUT2D eigenvalue weighted by molar-refractivity contribution is 0.0125. The summed E-state index contributed by atoms with van der Waals surface area (Å²) in [7, 11) is 0. The maximum Gasteiger partial charge on any atom is 0.182 e.